The smallest absolute Gasteiger partial charge is 0.164 e. The van der Waals surface area contributed by atoms with E-state index in [1.165, 1.54) is 12.8 Å². The molecule has 1 N–H and O–H groups in total. The van der Waals surface area contributed by atoms with Crippen LogP contribution in [0.4, 0.5) is 0 Å². The first-order valence-electron chi connectivity index (χ1n) is 5.77. The van der Waals surface area contributed by atoms with E-state index in [9.17, 15) is 0 Å². The van der Waals surface area contributed by atoms with Crippen molar-refractivity contribution in [1.29, 1.82) is 0 Å². The molecule has 16 heavy (non-hydrogen) atoms. The summed E-state index contributed by atoms with van der Waals surface area (Å²) in [5, 5.41) is 7.62. The molecule has 0 unspecified atom stereocenters. The van der Waals surface area contributed by atoms with E-state index in [2.05, 4.69) is 22.6 Å². The van der Waals surface area contributed by atoms with Crippen molar-refractivity contribution in [3.8, 4) is 5.75 Å². The molecule has 1 aliphatic rings. The third kappa shape index (κ3) is 2.85. The summed E-state index contributed by atoms with van der Waals surface area (Å²) >= 11 is 0. The molecule has 1 fully saturated rings. The molecule has 1 saturated carbocycles. The highest BCUT2D eigenvalue weighted by Crippen LogP contribution is 2.19. The van der Waals surface area contributed by atoms with Gasteiger partial charge >= 0.3 is 0 Å². The van der Waals surface area contributed by atoms with Crippen LogP contribution in [0.1, 0.15) is 25.0 Å². The average molecular weight is 221 g/mol. The standard InChI is InChI=1S/C12H19N3O/c1-15-11(12(16-2)9-14-15)5-3-4-8-13-10-6-7-10/h3,5,9-10,13H,4,6-8H2,1-2H3/b5-3+. The second-order valence-corrected chi connectivity index (χ2v) is 4.14. The molecule has 1 aliphatic carbocycles. The van der Waals surface area contributed by atoms with Crippen LogP contribution < -0.4 is 10.1 Å². The maximum absolute atomic E-state index is 5.22. The maximum Gasteiger partial charge on any atom is 0.164 e. The topological polar surface area (TPSA) is 39.1 Å². The van der Waals surface area contributed by atoms with Crippen LogP contribution in [0.3, 0.4) is 0 Å². The van der Waals surface area contributed by atoms with Crippen LogP contribution in [-0.4, -0.2) is 29.5 Å². The Hall–Kier alpha value is -1.29. The molecule has 0 aliphatic heterocycles. The van der Waals surface area contributed by atoms with E-state index in [0.29, 0.717) is 0 Å². The molecule has 4 nitrogen and oxygen atoms in total. The van der Waals surface area contributed by atoms with Gasteiger partial charge in [-0.2, -0.15) is 5.10 Å². The van der Waals surface area contributed by atoms with Gasteiger partial charge in [-0.25, -0.2) is 0 Å². The molecule has 4 heteroatoms. The second-order valence-electron chi connectivity index (χ2n) is 4.14. The average Bonchev–Trinajstić information content (AvgIpc) is 3.04. The summed E-state index contributed by atoms with van der Waals surface area (Å²) in [4.78, 5) is 0. The first-order chi connectivity index (χ1) is 7.81. The quantitative estimate of drug-likeness (QED) is 0.741. The van der Waals surface area contributed by atoms with Gasteiger partial charge < -0.3 is 10.1 Å². The van der Waals surface area contributed by atoms with Crippen molar-refractivity contribution >= 4 is 6.08 Å². The largest absolute Gasteiger partial charge is 0.493 e. The fourth-order valence-corrected chi connectivity index (χ4v) is 1.63. The Morgan fingerprint density at radius 3 is 3.12 bits per heavy atom. The van der Waals surface area contributed by atoms with E-state index in [-0.39, 0.29) is 0 Å². The molecule has 1 aromatic rings. The first-order valence-corrected chi connectivity index (χ1v) is 5.77. The van der Waals surface area contributed by atoms with Crippen LogP contribution in [0.5, 0.6) is 5.75 Å². The Labute approximate surface area is 96.3 Å². The van der Waals surface area contributed by atoms with Crippen molar-refractivity contribution in [2.45, 2.75) is 25.3 Å². The summed E-state index contributed by atoms with van der Waals surface area (Å²) in [5.41, 5.74) is 1.02. The number of aryl methyl sites for hydroxylation is 1. The van der Waals surface area contributed by atoms with Gasteiger partial charge in [0.25, 0.3) is 0 Å². The molecular weight excluding hydrogens is 202 g/mol. The van der Waals surface area contributed by atoms with E-state index in [4.69, 9.17) is 4.74 Å². The Morgan fingerprint density at radius 2 is 2.44 bits per heavy atom. The Kier molecular flexibility index (Phi) is 3.62. The molecular formula is C12H19N3O. The van der Waals surface area contributed by atoms with Crippen molar-refractivity contribution in [3.63, 3.8) is 0 Å². The SMILES string of the molecule is COc1cnn(C)c1/C=C/CCNC1CC1. The van der Waals surface area contributed by atoms with Crippen LogP contribution in [0.2, 0.25) is 0 Å². The van der Waals surface area contributed by atoms with Crippen LogP contribution in [0, 0.1) is 0 Å². The predicted octanol–water partition coefficient (Wildman–Crippen LogP) is 1.58. The Balaban J connectivity index is 1.81. The third-order valence-corrected chi connectivity index (χ3v) is 2.77. The van der Waals surface area contributed by atoms with Gasteiger partial charge in [0.1, 0.15) is 5.69 Å². The molecule has 88 valence electrons. The zero-order valence-electron chi connectivity index (χ0n) is 9.94. The predicted molar refractivity (Wildman–Crippen MR) is 64.4 cm³/mol. The van der Waals surface area contributed by atoms with Gasteiger partial charge in [0.05, 0.1) is 13.3 Å². The number of nitrogens with one attached hydrogen (secondary N) is 1. The monoisotopic (exact) mass is 221 g/mol. The molecule has 1 heterocycles. The number of ether oxygens (including phenoxy) is 1. The Bertz CT molecular complexity index is 366. The maximum atomic E-state index is 5.22. The van der Waals surface area contributed by atoms with Crippen molar-refractivity contribution in [2.24, 2.45) is 7.05 Å². The minimum Gasteiger partial charge on any atom is -0.493 e. The van der Waals surface area contributed by atoms with E-state index in [1.807, 2.05) is 11.7 Å². The zero-order chi connectivity index (χ0) is 11.4. The fraction of sp³-hybridized carbons (Fsp3) is 0.583. The second kappa shape index (κ2) is 5.16. The van der Waals surface area contributed by atoms with Crippen molar-refractivity contribution in [1.82, 2.24) is 15.1 Å². The van der Waals surface area contributed by atoms with Crippen LogP contribution in [0.25, 0.3) is 6.08 Å². The lowest BCUT2D eigenvalue weighted by Crippen LogP contribution is -2.16. The van der Waals surface area contributed by atoms with Crippen LogP contribution in [-0.2, 0) is 7.05 Å². The highest BCUT2D eigenvalue weighted by Gasteiger charge is 2.19. The van der Waals surface area contributed by atoms with Gasteiger partial charge in [-0.3, -0.25) is 4.68 Å². The molecule has 0 saturated heterocycles. The van der Waals surface area contributed by atoms with E-state index < -0.39 is 0 Å². The first kappa shape index (κ1) is 11.2. The third-order valence-electron chi connectivity index (χ3n) is 2.77. The van der Waals surface area contributed by atoms with Gasteiger partial charge in [-0.15, -0.1) is 0 Å². The zero-order valence-corrected chi connectivity index (χ0v) is 9.94. The van der Waals surface area contributed by atoms with E-state index in [1.54, 1.807) is 13.3 Å². The van der Waals surface area contributed by atoms with E-state index >= 15 is 0 Å². The summed E-state index contributed by atoms with van der Waals surface area (Å²) < 4.78 is 7.04. The molecule has 0 spiro atoms. The molecule has 1 aromatic heterocycles. The summed E-state index contributed by atoms with van der Waals surface area (Å²) in [6.45, 7) is 1.06. The minimum atomic E-state index is 0.791. The van der Waals surface area contributed by atoms with Gasteiger partial charge in [0.2, 0.25) is 0 Å². The normalized spacial score (nSPS) is 15.9. The highest BCUT2D eigenvalue weighted by molar-refractivity contribution is 5.52. The van der Waals surface area contributed by atoms with Gasteiger partial charge in [-0.1, -0.05) is 6.08 Å². The lowest BCUT2D eigenvalue weighted by Gasteiger charge is -2.00. The molecule has 0 amide bonds. The number of hydrogen-bond donors (Lipinski definition) is 1. The summed E-state index contributed by atoms with van der Waals surface area (Å²) in [7, 11) is 3.59. The summed E-state index contributed by atoms with van der Waals surface area (Å²) in [6, 6.07) is 0.791. The van der Waals surface area contributed by atoms with Crippen molar-refractivity contribution in [2.75, 3.05) is 13.7 Å². The number of nitrogens with zero attached hydrogens (tertiary/aromatic N) is 2. The number of methoxy groups -OCH3 is 1. The molecule has 0 radical (unpaired) electrons. The fourth-order valence-electron chi connectivity index (χ4n) is 1.63. The molecule has 2 rings (SSSR count). The lowest BCUT2D eigenvalue weighted by molar-refractivity contribution is 0.413. The van der Waals surface area contributed by atoms with Gasteiger partial charge in [0.15, 0.2) is 5.75 Å². The minimum absolute atomic E-state index is 0.791. The molecule has 0 atom stereocenters. The number of hydrogen-bond acceptors (Lipinski definition) is 3. The lowest BCUT2D eigenvalue weighted by atomic mass is 10.3. The van der Waals surface area contributed by atoms with Crippen molar-refractivity contribution < 1.29 is 4.74 Å². The van der Waals surface area contributed by atoms with Crippen LogP contribution in [0.15, 0.2) is 12.3 Å². The highest BCUT2D eigenvalue weighted by atomic mass is 16.5. The molecule has 0 bridgehead atoms. The molecule has 0 aromatic carbocycles. The van der Waals surface area contributed by atoms with Gasteiger partial charge in [0, 0.05) is 13.1 Å². The van der Waals surface area contributed by atoms with Gasteiger partial charge in [-0.05, 0) is 31.9 Å². The van der Waals surface area contributed by atoms with E-state index in [0.717, 1.165) is 30.5 Å². The summed E-state index contributed by atoms with van der Waals surface area (Å²) in [5.74, 6) is 0.828. The number of rotatable bonds is 6. The number of aromatic nitrogens is 2. The van der Waals surface area contributed by atoms with Crippen LogP contribution >= 0.6 is 0 Å². The Morgan fingerprint density at radius 1 is 1.62 bits per heavy atom. The summed E-state index contributed by atoms with van der Waals surface area (Å²) in [6.07, 6.45) is 9.71. The van der Waals surface area contributed by atoms with Crippen molar-refractivity contribution in [3.05, 3.63) is 18.0 Å².